The highest BCUT2D eigenvalue weighted by molar-refractivity contribution is 4.88. The van der Waals surface area contributed by atoms with Crippen molar-refractivity contribution in [2.24, 2.45) is 0 Å². The van der Waals surface area contributed by atoms with Gasteiger partial charge >= 0.3 is 0 Å². The molecule has 2 fully saturated rings. The Kier molecular flexibility index (Phi) is 2.32. The van der Waals surface area contributed by atoms with Crippen molar-refractivity contribution < 1.29 is 19.3 Å². The Morgan fingerprint density at radius 1 is 1.38 bits per heavy atom. The molecule has 3 atom stereocenters. The van der Waals surface area contributed by atoms with Gasteiger partial charge in [0.1, 0.15) is 6.10 Å². The van der Waals surface area contributed by atoms with Crippen LogP contribution in [-0.2, 0) is 14.2 Å². The molecule has 0 unspecified atom stereocenters. The fourth-order valence-corrected chi connectivity index (χ4v) is 1.69. The minimum absolute atomic E-state index is 0.0345. The molecule has 0 aromatic heterocycles. The van der Waals surface area contributed by atoms with E-state index in [1.54, 1.807) is 0 Å². The van der Waals surface area contributed by atoms with E-state index in [9.17, 15) is 0 Å². The van der Waals surface area contributed by atoms with Gasteiger partial charge in [-0.05, 0) is 13.8 Å². The molecule has 0 saturated carbocycles. The largest absolute Gasteiger partial charge is 0.394 e. The molecule has 0 aliphatic carbocycles. The summed E-state index contributed by atoms with van der Waals surface area (Å²) in [5.74, 6) is -0.450. The zero-order valence-electron chi connectivity index (χ0n) is 8.03. The lowest BCUT2D eigenvalue weighted by molar-refractivity contribution is -0.139. The molecule has 76 valence electrons. The van der Waals surface area contributed by atoms with Crippen molar-refractivity contribution in [1.82, 2.24) is 0 Å². The Morgan fingerprint density at radius 2 is 2.15 bits per heavy atom. The fourth-order valence-electron chi connectivity index (χ4n) is 1.69. The van der Waals surface area contributed by atoms with E-state index in [0.29, 0.717) is 6.61 Å². The minimum atomic E-state index is -0.450. The average molecular weight is 188 g/mol. The highest BCUT2D eigenvalue weighted by atomic mass is 16.7. The second kappa shape index (κ2) is 3.20. The van der Waals surface area contributed by atoms with E-state index in [0.717, 1.165) is 6.42 Å². The Labute approximate surface area is 77.8 Å². The van der Waals surface area contributed by atoms with Gasteiger partial charge < -0.3 is 19.3 Å². The maximum absolute atomic E-state index is 8.76. The van der Waals surface area contributed by atoms with Crippen molar-refractivity contribution >= 4 is 0 Å². The molecule has 0 aromatic carbocycles. The Bertz CT molecular complexity index is 192. The van der Waals surface area contributed by atoms with Crippen LogP contribution in [0.2, 0.25) is 0 Å². The van der Waals surface area contributed by atoms with Crippen LogP contribution in [0.4, 0.5) is 0 Å². The van der Waals surface area contributed by atoms with Gasteiger partial charge in [-0.2, -0.15) is 0 Å². The van der Waals surface area contributed by atoms with Gasteiger partial charge in [-0.1, -0.05) is 0 Å². The fraction of sp³-hybridized carbons (Fsp3) is 1.00. The second-order valence-corrected chi connectivity index (χ2v) is 4.08. The number of ether oxygens (including phenoxy) is 3. The van der Waals surface area contributed by atoms with Crippen molar-refractivity contribution in [2.45, 2.75) is 44.4 Å². The molecule has 2 aliphatic rings. The molecule has 1 N–H and O–H groups in total. The number of aliphatic hydroxyl groups is 1. The number of rotatable bonds is 3. The molecule has 13 heavy (non-hydrogen) atoms. The number of hydrogen-bond donors (Lipinski definition) is 1. The quantitative estimate of drug-likeness (QED) is 0.647. The van der Waals surface area contributed by atoms with Gasteiger partial charge in [0.2, 0.25) is 0 Å². The lowest BCUT2D eigenvalue weighted by atomic mass is 10.2. The van der Waals surface area contributed by atoms with Crippen LogP contribution in [0.15, 0.2) is 0 Å². The van der Waals surface area contributed by atoms with Crippen LogP contribution in [0.3, 0.4) is 0 Å². The van der Waals surface area contributed by atoms with E-state index in [4.69, 9.17) is 19.3 Å². The van der Waals surface area contributed by atoms with E-state index in [-0.39, 0.29) is 24.9 Å². The van der Waals surface area contributed by atoms with Gasteiger partial charge in [-0.15, -0.1) is 0 Å². The number of aliphatic hydroxyl groups excluding tert-OH is 1. The van der Waals surface area contributed by atoms with E-state index >= 15 is 0 Å². The molecule has 2 heterocycles. The van der Waals surface area contributed by atoms with Crippen LogP contribution in [0.5, 0.6) is 0 Å². The van der Waals surface area contributed by atoms with Crippen LogP contribution >= 0.6 is 0 Å². The predicted molar refractivity (Wildman–Crippen MR) is 45.3 cm³/mol. The minimum Gasteiger partial charge on any atom is -0.394 e. The van der Waals surface area contributed by atoms with E-state index in [1.807, 2.05) is 13.8 Å². The van der Waals surface area contributed by atoms with Gasteiger partial charge in [0.05, 0.1) is 25.4 Å². The van der Waals surface area contributed by atoms with Crippen LogP contribution in [0, 0.1) is 0 Å². The lowest BCUT2D eigenvalue weighted by Crippen LogP contribution is -2.22. The number of hydrogen-bond acceptors (Lipinski definition) is 4. The van der Waals surface area contributed by atoms with Crippen molar-refractivity contribution in [1.29, 1.82) is 0 Å². The first-order chi connectivity index (χ1) is 6.11. The third-order valence-corrected chi connectivity index (χ3v) is 2.43. The molecule has 0 radical (unpaired) electrons. The summed E-state index contributed by atoms with van der Waals surface area (Å²) in [7, 11) is 0. The molecule has 2 saturated heterocycles. The SMILES string of the molecule is CC1(C)OC[C@@H](C[C@H]2O[C@H]2CO)O1. The third-order valence-electron chi connectivity index (χ3n) is 2.43. The van der Waals surface area contributed by atoms with Gasteiger partial charge in [0.15, 0.2) is 5.79 Å². The molecule has 4 heteroatoms. The van der Waals surface area contributed by atoms with Crippen molar-refractivity contribution in [3.63, 3.8) is 0 Å². The average Bonchev–Trinajstić information content (AvgIpc) is 2.70. The summed E-state index contributed by atoms with van der Waals surface area (Å²) in [5, 5.41) is 8.76. The molecule has 0 aromatic rings. The summed E-state index contributed by atoms with van der Waals surface area (Å²) in [5.41, 5.74) is 0. The third kappa shape index (κ3) is 2.20. The summed E-state index contributed by atoms with van der Waals surface area (Å²) in [6.07, 6.45) is 1.16. The molecular weight excluding hydrogens is 172 g/mol. The Morgan fingerprint density at radius 3 is 2.62 bits per heavy atom. The van der Waals surface area contributed by atoms with Gasteiger partial charge in [0, 0.05) is 6.42 Å². The molecule has 0 spiro atoms. The van der Waals surface area contributed by atoms with Crippen molar-refractivity contribution in [2.75, 3.05) is 13.2 Å². The normalized spacial score (nSPS) is 42.2. The summed E-state index contributed by atoms with van der Waals surface area (Å²) in [6, 6.07) is 0. The van der Waals surface area contributed by atoms with Crippen LogP contribution in [-0.4, -0.2) is 42.4 Å². The standard InChI is InChI=1S/C9H16O4/c1-9(2)11-5-6(13-9)3-7-8(4-10)12-7/h6-8,10H,3-5H2,1-2H3/t6-,7-,8+/m1/s1. The molecule has 0 bridgehead atoms. The van der Waals surface area contributed by atoms with E-state index in [1.165, 1.54) is 0 Å². The first-order valence-corrected chi connectivity index (χ1v) is 4.69. The van der Waals surface area contributed by atoms with E-state index < -0.39 is 5.79 Å². The highest BCUT2D eigenvalue weighted by Crippen LogP contribution is 2.31. The predicted octanol–water partition coefficient (Wildman–Crippen LogP) is 0.288. The zero-order valence-corrected chi connectivity index (χ0v) is 8.03. The van der Waals surface area contributed by atoms with Crippen LogP contribution < -0.4 is 0 Å². The molecular formula is C9H16O4. The molecule has 4 nitrogen and oxygen atoms in total. The zero-order chi connectivity index (χ0) is 9.47. The molecule has 2 rings (SSSR count). The van der Waals surface area contributed by atoms with Crippen LogP contribution in [0.25, 0.3) is 0 Å². The van der Waals surface area contributed by atoms with Gasteiger partial charge in [-0.3, -0.25) is 0 Å². The topological polar surface area (TPSA) is 51.2 Å². The maximum atomic E-state index is 8.76. The van der Waals surface area contributed by atoms with Crippen molar-refractivity contribution in [3.05, 3.63) is 0 Å². The first-order valence-electron chi connectivity index (χ1n) is 4.69. The van der Waals surface area contributed by atoms with Crippen LogP contribution in [0.1, 0.15) is 20.3 Å². The summed E-state index contributed by atoms with van der Waals surface area (Å²) >= 11 is 0. The smallest absolute Gasteiger partial charge is 0.163 e. The molecule has 0 amide bonds. The highest BCUT2D eigenvalue weighted by Gasteiger charge is 2.43. The maximum Gasteiger partial charge on any atom is 0.163 e. The van der Waals surface area contributed by atoms with E-state index in [2.05, 4.69) is 0 Å². The first kappa shape index (κ1) is 9.40. The summed E-state index contributed by atoms with van der Waals surface area (Å²) in [6.45, 7) is 4.56. The van der Waals surface area contributed by atoms with Gasteiger partial charge in [0.25, 0.3) is 0 Å². The Hall–Kier alpha value is -0.160. The second-order valence-electron chi connectivity index (χ2n) is 4.08. The lowest BCUT2D eigenvalue weighted by Gasteiger charge is -2.16. The Balaban J connectivity index is 1.73. The summed E-state index contributed by atoms with van der Waals surface area (Å²) < 4.78 is 16.2. The summed E-state index contributed by atoms with van der Waals surface area (Å²) in [4.78, 5) is 0. The monoisotopic (exact) mass is 188 g/mol. The van der Waals surface area contributed by atoms with Crippen molar-refractivity contribution in [3.8, 4) is 0 Å². The number of epoxide rings is 1. The van der Waals surface area contributed by atoms with Gasteiger partial charge in [-0.25, -0.2) is 0 Å². The molecule has 2 aliphatic heterocycles.